The molecule has 0 aromatic heterocycles. The van der Waals surface area contributed by atoms with E-state index in [0.29, 0.717) is 6.54 Å². The highest BCUT2D eigenvalue weighted by molar-refractivity contribution is 7.89. The Balaban J connectivity index is 2.00. The maximum Gasteiger partial charge on any atom is 0.324 e. The van der Waals surface area contributed by atoms with Crippen LogP contribution >= 0.6 is 0 Å². The van der Waals surface area contributed by atoms with Gasteiger partial charge in [0.2, 0.25) is 10.0 Å². The molecule has 1 aliphatic rings. The highest BCUT2D eigenvalue weighted by atomic mass is 32.2. The summed E-state index contributed by atoms with van der Waals surface area (Å²) in [5.74, 6) is -1.58. The first-order chi connectivity index (χ1) is 13.3. The van der Waals surface area contributed by atoms with Crippen molar-refractivity contribution in [1.29, 1.82) is 0 Å². The van der Waals surface area contributed by atoms with Gasteiger partial charge in [-0.3, -0.25) is 14.5 Å². The first kappa shape index (κ1) is 22.8. The third kappa shape index (κ3) is 5.54. The Kier molecular flexibility index (Phi) is 6.69. The Hall–Kier alpha value is -2.46. The van der Waals surface area contributed by atoms with Gasteiger partial charge in [-0.05, 0) is 37.0 Å². The average molecular weight is 426 g/mol. The molecule has 0 saturated carbocycles. The van der Waals surface area contributed by atoms with E-state index in [1.165, 1.54) is 26.0 Å². The summed E-state index contributed by atoms with van der Waals surface area (Å²) in [5, 5.41) is 2.48. The molecule has 0 unspecified atom stereocenters. The van der Waals surface area contributed by atoms with Crippen LogP contribution in [0.2, 0.25) is 0 Å². The number of hydrogen-bond acceptors (Lipinski definition) is 6. The van der Waals surface area contributed by atoms with Gasteiger partial charge in [-0.25, -0.2) is 13.2 Å². The van der Waals surface area contributed by atoms with E-state index in [9.17, 15) is 22.8 Å². The van der Waals surface area contributed by atoms with Crippen molar-refractivity contribution in [2.45, 2.75) is 57.1 Å². The number of nitrogens with zero attached hydrogens (tertiary/aromatic N) is 1. The van der Waals surface area contributed by atoms with Gasteiger partial charge in [0.1, 0.15) is 6.04 Å². The van der Waals surface area contributed by atoms with E-state index >= 15 is 0 Å². The van der Waals surface area contributed by atoms with E-state index in [-0.39, 0.29) is 16.9 Å². The predicted molar refractivity (Wildman–Crippen MR) is 106 cm³/mol. The van der Waals surface area contributed by atoms with Gasteiger partial charge >= 0.3 is 12.0 Å². The van der Waals surface area contributed by atoms with Crippen LogP contribution in [-0.2, 0) is 29.8 Å². The van der Waals surface area contributed by atoms with Crippen LogP contribution in [0.5, 0.6) is 0 Å². The van der Waals surface area contributed by atoms with Gasteiger partial charge in [0.15, 0.2) is 6.10 Å². The molecular formula is C19H27N3O6S. The number of benzene rings is 1. The summed E-state index contributed by atoms with van der Waals surface area (Å²) in [6.07, 6.45) is -1.22. The van der Waals surface area contributed by atoms with Crippen molar-refractivity contribution in [2.24, 2.45) is 0 Å². The zero-order valence-electron chi connectivity index (χ0n) is 17.2. The fourth-order valence-electron chi connectivity index (χ4n) is 2.71. The number of ether oxygens (including phenoxy) is 1. The van der Waals surface area contributed by atoms with Gasteiger partial charge < -0.3 is 10.1 Å². The van der Waals surface area contributed by atoms with Gasteiger partial charge in [-0.15, -0.1) is 0 Å². The standard InChI is InChI=1S/C19H27N3O6S/c1-12(17(24)28-13(2)16(23)22-11-10-20-18(22)25)21-29(26,27)15-8-6-14(7-9-15)19(3,4)5/h6-9,12-13,21H,10-11H2,1-5H3,(H,20,25)/t12-,13+/m0/s1. The molecule has 2 atom stereocenters. The second-order valence-corrected chi connectivity index (χ2v) is 9.63. The third-order valence-electron chi connectivity index (χ3n) is 4.48. The molecule has 1 aromatic carbocycles. The molecule has 29 heavy (non-hydrogen) atoms. The summed E-state index contributed by atoms with van der Waals surface area (Å²) < 4.78 is 32.4. The zero-order chi connectivity index (χ0) is 22.0. The number of hydrogen-bond donors (Lipinski definition) is 2. The van der Waals surface area contributed by atoms with E-state index in [1.807, 2.05) is 20.8 Å². The molecule has 160 valence electrons. The Bertz CT molecular complexity index is 890. The van der Waals surface area contributed by atoms with Crippen molar-refractivity contribution >= 4 is 27.9 Å². The topological polar surface area (TPSA) is 122 Å². The first-order valence-corrected chi connectivity index (χ1v) is 10.7. The van der Waals surface area contributed by atoms with Crippen molar-refractivity contribution in [3.8, 4) is 0 Å². The van der Waals surface area contributed by atoms with Crippen LogP contribution in [0.3, 0.4) is 0 Å². The molecule has 10 heteroatoms. The van der Waals surface area contributed by atoms with Crippen LogP contribution < -0.4 is 10.0 Å². The highest BCUT2D eigenvalue weighted by Crippen LogP contribution is 2.23. The average Bonchev–Trinajstić information content (AvgIpc) is 3.05. The van der Waals surface area contributed by atoms with Crippen LogP contribution in [0.25, 0.3) is 0 Å². The molecule has 0 spiro atoms. The molecule has 1 aliphatic heterocycles. The summed E-state index contributed by atoms with van der Waals surface area (Å²) in [6, 6.07) is 4.62. The molecule has 0 aliphatic carbocycles. The minimum absolute atomic E-state index is 0.0167. The lowest BCUT2D eigenvalue weighted by molar-refractivity contribution is -0.158. The van der Waals surface area contributed by atoms with Crippen molar-refractivity contribution in [1.82, 2.24) is 14.9 Å². The van der Waals surface area contributed by atoms with E-state index in [1.54, 1.807) is 12.1 Å². The zero-order valence-corrected chi connectivity index (χ0v) is 18.0. The van der Waals surface area contributed by atoms with Gasteiger partial charge in [-0.2, -0.15) is 4.72 Å². The lowest BCUT2D eigenvalue weighted by Crippen LogP contribution is -2.45. The monoisotopic (exact) mass is 425 g/mol. The maximum atomic E-state index is 12.5. The highest BCUT2D eigenvalue weighted by Gasteiger charge is 2.33. The fraction of sp³-hybridized carbons (Fsp3) is 0.526. The largest absolute Gasteiger partial charge is 0.451 e. The lowest BCUT2D eigenvalue weighted by Gasteiger charge is -2.21. The van der Waals surface area contributed by atoms with Crippen LogP contribution in [0.1, 0.15) is 40.2 Å². The quantitative estimate of drug-likeness (QED) is 0.659. The van der Waals surface area contributed by atoms with Crippen molar-refractivity contribution in [2.75, 3.05) is 13.1 Å². The van der Waals surface area contributed by atoms with E-state index in [2.05, 4.69) is 10.0 Å². The maximum absolute atomic E-state index is 12.5. The number of urea groups is 1. The van der Waals surface area contributed by atoms with Crippen LogP contribution in [0.15, 0.2) is 29.2 Å². The number of imide groups is 1. The Labute approximate surface area is 170 Å². The Morgan fingerprint density at radius 2 is 1.76 bits per heavy atom. The lowest BCUT2D eigenvalue weighted by atomic mass is 9.87. The van der Waals surface area contributed by atoms with Crippen LogP contribution in [0, 0.1) is 0 Å². The molecule has 2 N–H and O–H groups in total. The SMILES string of the molecule is C[C@H](NS(=O)(=O)c1ccc(C(C)(C)C)cc1)C(=O)O[C@H](C)C(=O)N1CCNC1=O. The minimum Gasteiger partial charge on any atom is -0.451 e. The summed E-state index contributed by atoms with van der Waals surface area (Å²) >= 11 is 0. The molecule has 9 nitrogen and oxygen atoms in total. The molecule has 3 amide bonds. The van der Waals surface area contributed by atoms with Crippen LogP contribution in [0.4, 0.5) is 4.79 Å². The molecule has 1 saturated heterocycles. The number of esters is 1. The van der Waals surface area contributed by atoms with E-state index in [4.69, 9.17) is 4.74 Å². The summed E-state index contributed by atoms with van der Waals surface area (Å²) in [7, 11) is -3.96. The van der Waals surface area contributed by atoms with Gasteiger partial charge in [0, 0.05) is 13.1 Å². The molecule has 0 radical (unpaired) electrons. The number of rotatable bonds is 6. The minimum atomic E-state index is -3.96. The number of sulfonamides is 1. The number of nitrogens with one attached hydrogen (secondary N) is 2. The third-order valence-corrected chi connectivity index (χ3v) is 6.04. The normalized spacial score (nSPS) is 16.9. The van der Waals surface area contributed by atoms with Crippen LogP contribution in [-0.4, -0.2) is 56.5 Å². The second-order valence-electron chi connectivity index (χ2n) is 7.92. The van der Waals surface area contributed by atoms with Gasteiger partial charge in [-0.1, -0.05) is 32.9 Å². The van der Waals surface area contributed by atoms with E-state index in [0.717, 1.165) is 10.5 Å². The number of amides is 3. The predicted octanol–water partition coefficient (Wildman–Crippen LogP) is 1.13. The molecule has 1 aromatic rings. The van der Waals surface area contributed by atoms with Crippen molar-refractivity contribution < 1.29 is 27.5 Å². The summed E-state index contributed by atoms with van der Waals surface area (Å²) in [4.78, 5) is 36.9. The smallest absolute Gasteiger partial charge is 0.324 e. The Morgan fingerprint density at radius 1 is 1.17 bits per heavy atom. The van der Waals surface area contributed by atoms with Crippen molar-refractivity contribution in [3.63, 3.8) is 0 Å². The number of carbonyl (C=O) groups excluding carboxylic acids is 3. The summed E-state index contributed by atoms with van der Waals surface area (Å²) in [5.41, 5.74) is 0.851. The molecule has 2 rings (SSSR count). The van der Waals surface area contributed by atoms with E-state index < -0.39 is 40.1 Å². The fourth-order valence-corrected chi connectivity index (χ4v) is 3.90. The van der Waals surface area contributed by atoms with Gasteiger partial charge in [0.05, 0.1) is 4.90 Å². The Morgan fingerprint density at radius 3 is 2.24 bits per heavy atom. The first-order valence-electron chi connectivity index (χ1n) is 9.25. The van der Waals surface area contributed by atoms with Gasteiger partial charge in [0.25, 0.3) is 5.91 Å². The number of carbonyl (C=O) groups is 3. The van der Waals surface area contributed by atoms with Crippen molar-refractivity contribution in [3.05, 3.63) is 29.8 Å². The molecule has 1 heterocycles. The summed E-state index contributed by atoms with van der Waals surface area (Å²) in [6.45, 7) is 9.21. The molecule has 0 bridgehead atoms. The second kappa shape index (κ2) is 8.50. The molecular weight excluding hydrogens is 398 g/mol. The molecule has 1 fully saturated rings.